The average Bonchev–Trinajstić information content (AvgIpc) is 2.47. The van der Waals surface area contributed by atoms with Crippen molar-refractivity contribution in [2.24, 2.45) is 0 Å². The summed E-state index contributed by atoms with van der Waals surface area (Å²) in [6, 6.07) is 5.49. The van der Waals surface area contributed by atoms with E-state index in [1.54, 1.807) is 16.4 Å². The fourth-order valence-corrected chi connectivity index (χ4v) is 4.65. The summed E-state index contributed by atoms with van der Waals surface area (Å²) in [5.74, 6) is 0.266. The summed E-state index contributed by atoms with van der Waals surface area (Å²) < 4.78 is 27.3. The van der Waals surface area contributed by atoms with E-state index in [9.17, 15) is 8.42 Å². The first kappa shape index (κ1) is 19.7. The van der Waals surface area contributed by atoms with Crippen LogP contribution in [0, 0.1) is 0 Å². The van der Waals surface area contributed by atoms with Gasteiger partial charge >= 0.3 is 0 Å². The Hall–Kier alpha value is -0.330. The van der Waals surface area contributed by atoms with Crippen LogP contribution in [0.4, 0.5) is 0 Å². The van der Waals surface area contributed by atoms with Crippen molar-refractivity contribution in [2.45, 2.75) is 43.5 Å². The second-order valence-electron chi connectivity index (χ2n) is 5.84. The SMILES string of the molecule is CNC1CCCN(S(=O)(=O)c2cc(C(C)C)ccc2Cl)C1.Cl. The monoisotopic (exact) mass is 366 g/mol. The van der Waals surface area contributed by atoms with Crippen LogP contribution in [0.1, 0.15) is 38.2 Å². The third kappa shape index (κ3) is 4.15. The first-order chi connectivity index (χ1) is 9.86. The number of hydrogen-bond acceptors (Lipinski definition) is 3. The molecule has 0 saturated carbocycles. The third-order valence-corrected chi connectivity index (χ3v) is 6.38. The van der Waals surface area contributed by atoms with Gasteiger partial charge in [0.2, 0.25) is 10.0 Å². The number of hydrogen-bond donors (Lipinski definition) is 1. The molecular formula is C15H24Cl2N2O2S. The van der Waals surface area contributed by atoms with Crippen molar-refractivity contribution in [3.8, 4) is 0 Å². The third-order valence-electron chi connectivity index (χ3n) is 4.03. The molecule has 0 spiro atoms. The number of likely N-dealkylation sites (N-methyl/N-ethyl adjacent to an activating group) is 1. The Morgan fingerprint density at radius 2 is 2.05 bits per heavy atom. The Bertz CT molecular complexity index is 606. The Kier molecular flexibility index (Phi) is 7.15. The van der Waals surface area contributed by atoms with E-state index >= 15 is 0 Å². The summed E-state index contributed by atoms with van der Waals surface area (Å²) in [6.07, 6.45) is 1.87. The van der Waals surface area contributed by atoms with E-state index in [1.165, 1.54) is 0 Å². The molecule has 2 rings (SSSR count). The van der Waals surface area contributed by atoms with Crippen molar-refractivity contribution in [2.75, 3.05) is 20.1 Å². The minimum Gasteiger partial charge on any atom is -0.316 e. The number of benzene rings is 1. The molecule has 1 saturated heterocycles. The van der Waals surface area contributed by atoms with E-state index in [2.05, 4.69) is 5.32 Å². The fraction of sp³-hybridized carbons (Fsp3) is 0.600. The van der Waals surface area contributed by atoms with Gasteiger partial charge in [0.05, 0.1) is 5.02 Å². The molecule has 0 amide bonds. The van der Waals surface area contributed by atoms with Crippen molar-refractivity contribution >= 4 is 34.0 Å². The van der Waals surface area contributed by atoms with E-state index in [0.717, 1.165) is 18.4 Å². The van der Waals surface area contributed by atoms with Crippen LogP contribution in [-0.2, 0) is 10.0 Å². The maximum atomic E-state index is 12.9. The van der Waals surface area contributed by atoms with Gasteiger partial charge in [-0.15, -0.1) is 12.4 Å². The van der Waals surface area contributed by atoms with Gasteiger partial charge < -0.3 is 5.32 Å². The minimum atomic E-state index is -3.53. The molecule has 22 heavy (non-hydrogen) atoms. The quantitative estimate of drug-likeness (QED) is 0.889. The molecule has 1 heterocycles. The van der Waals surface area contributed by atoms with Gasteiger partial charge in [-0.2, -0.15) is 4.31 Å². The normalized spacial score (nSPS) is 20.0. The number of halogens is 2. The van der Waals surface area contributed by atoms with Gasteiger partial charge in [0.15, 0.2) is 0 Å². The predicted molar refractivity (Wildman–Crippen MR) is 93.6 cm³/mol. The van der Waals surface area contributed by atoms with Crippen molar-refractivity contribution in [1.29, 1.82) is 0 Å². The lowest BCUT2D eigenvalue weighted by Gasteiger charge is -2.32. The minimum absolute atomic E-state index is 0. The summed E-state index contributed by atoms with van der Waals surface area (Å²) >= 11 is 6.15. The van der Waals surface area contributed by atoms with Gasteiger partial charge in [-0.1, -0.05) is 31.5 Å². The zero-order valence-electron chi connectivity index (χ0n) is 13.2. The molecule has 7 heteroatoms. The van der Waals surface area contributed by atoms with Crippen LogP contribution in [0.25, 0.3) is 0 Å². The highest BCUT2D eigenvalue weighted by atomic mass is 35.5. The van der Waals surface area contributed by atoms with Gasteiger partial charge in [0.1, 0.15) is 4.90 Å². The first-order valence-corrected chi connectivity index (χ1v) is 9.15. The standard InChI is InChI=1S/C15H23ClN2O2S.ClH/c1-11(2)12-6-7-14(16)15(9-12)21(19,20)18-8-4-5-13(10-18)17-3;/h6-7,9,11,13,17H,4-5,8,10H2,1-3H3;1H. The Labute approximate surface area is 144 Å². The van der Waals surface area contributed by atoms with Crippen molar-refractivity contribution < 1.29 is 8.42 Å². The largest absolute Gasteiger partial charge is 0.316 e. The fourth-order valence-electron chi connectivity index (χ4n) is 2.61. The summed E-state index contributed by atoms with van der Waals surface area (Å²) in [7, 11) is -1.66. The van der Waals surface area contributed by atoms with Crippen LogP contribution in [0.3, 0.4) is 0 Å². The molecule has 0 radical (unpaired) electrons. The lowest BCUT2D eigenvalue weighted by molar-refractivity contribution is 0.293. The Morgan fingerprint density at radius 3 is 2.64 bits per heavy atom. The zero-order valence-corrected chi connectivity index (χ0v) is 15.6. The summed E-state index contributed by atoms with van der Waals surface area (Å²) in [6.45, 7) is 5.14. The van der Waals surface area contributed by atoms with Gasteiger partial charge in [-0.25, -0.2) is 8.42 Å². The second kappa shape index (κ2) is 7.97. The second-order valence-corrected chi connectivity index (χ2v) is 8.15. The molecule has 1 N–H and O–H groups in total. The highest BCUT2D eigenvalue weighted by Crippen LogP contribution is 2.29. The molecule has 126 valence electrons. The van der Waals surface area contributed by atoms with Crippen LogP contribution >= 0.6 is 24.0 Å². The smallest absolute Gasteiger partial charge is 0.244 e. The van der Waals surface area contributed by atoms with Crippen LogP contribution in [-0.4, -0.2) is 38.9 Å². The number of piperidine rings is 1. The highest BCUT2D eigenvalue weighted by Gasteiger charge is 2.31. The maximum absolute atomic E-state index is 12.9. The van der Waals surface area contributed by atoms with Crippen LogP contribution < -0.4 is 5.32 Å². The Morgan fingerprint density at radius 1 is 1.36 bits per heavy atom. The molecule has 1 aromatic rings. The topological polar surface area (TPSA) is 49.4 Å². The zero-order chi connectivity index (χ0) is 15.6. The lowest BCUT2D eigenvalue weighted by atomic mass is 10.0. The first-order valence-electron chi connectivity index (χ1n) is 7.33. The molecular weight excluding hydrogens is 343 g/mol. The highest BCUT2D eigenvalue weighted by molar-refractivity contribution is 7.89. The molecule has 1 fully saturated rings. The molecule has 1 aliphatic rings. The van der Waals surface area contributed by atoms with E-state index < -0.39 is 10.0 Å². The maximum Gasteiger partial charge on any atom is 0.244 e. The van der Waals surface area contributed by atoms with Crippen molar-refractivity contribution in [1.82, 2.24) is 9.62 Å². The number of nitrogens with zero attached hydrogens (tertiary/aromatic N) is 1. The number of nitrogens with one attached hydrogen (secondary N) is 1. The van der Waals surface area contributed by atoms with E-state index in [1.807, 2.05) is 27.0 Å². The molecule has 1 atom stereocenters. The van der Waals surface area contributed by atoms with E-state index in [4.69, 9.17) is 11.6 Å². The van der Waals surface area contributed by atoms with Gasteiger partial charge in [0.25, 0.3) is 0 Å². The van der Waals surface area contributed by atoms with Crippen LogP contribution in [0.15, 0.2) is 23.1 Å². The summed E-state index contributed by atoms with van der Waals surface area (Å²) in [4.78, 5) is 0.229. The summed E-state index contributed by atoms with van der Waals surface area (Å²) in [5.41, 5.74) is 0.986. The summed E-state index contributed by atoms with van der Waals surface area (Å²) in [5, 5.41) is 3.46. The molecule has 4 nitrogen and oxygen atoms in total. The molecule has 0 aromatic heterocycles. The van der Waals surface area contributed by atoms with E-state index in [0.29, 0.717) is 18.1 Å². The van der Waals surface area contributed by atoms with Gasteiger partial charge in [0, 0.05) is 19.1 Å². The number of sulfonamides is 1. The van der Waals surface area contributed by atoms with Crippen molar-refractivity contribution in [3.05, 3.63) is 28.8 Å². The molecule has 1 unspecified atom stereocenters. The van der Waals surface area contributed by atoms with Crippen LogP contribution in [0.5, 0.6) is 0 Å². The lowest BCUT2D eigenvalue weighted by Crippen LogP contribution is -2.46. The van der Waals surface area contributed by atoms with Gasteiger partial charge in [-0.05, 0) is 43.5 Å². The van der Waals surface area contributed by atoms with E-state index in [-0.39, 0.29) is 29.3 Å². The van der Waals surface area contributed by atoms with Crippen LogP contribution in [0.2, 0.25) is 5.02 Å². The number of rotatable bonds is 4. The molecule has 0 bridgehead atoms. The molecule has 1 aromatic carbocycles. The van der Waals surface area contributed by atoms with Crippen molar-refractivity contribution in [3.63, 3.8) is 0 Å². The van der Waals surface area contributed by atoms with Gasteiger partial charge in [-0.3, -0.25) is 0 Å². The molecule has 0 aliphatic carbocycles. The predicted octanol–water partition coefficient (Wildman–Crippen LogP) is 3.26. The Balaban J connectivity index is 0.00000242. The average molecular weight is 367 g/mol. The molecule has 1 aliphatic heterocycles.